The number of amides is 2. The first-order valence-electron chi connectivity index (χ1n) is 9.46. The van der Waals surface area contributed by atoms with Crippen molar-refractivity contribution in [3.8, 4) is 0 Å². The molecule has 7 nitrogen and oxygen atoms in total. The molecule has 0 unspecified atom stereocenters. The van der Waals surface area contributed by atoms with Gasteiger partial charge >= 0.3 is 0 Å². The molecule has 0 bridgehead atoms. The molecule has 1 saturated heterocycles. The second kappa shape index (κ2) is 8.33. The highest BCUT2D eigenvalue weighted by Gasteiger charge is 2.34. The van der Waals surface area contributed by atoms with E-state index in [-0.39, 0.29) is 24.2 Å². The summed E-state index contributed by atoms with van der Waals surface area (Å²) in [6, 6.07) is 3.79. The lowest BCUT2D eigenvalue weighted by atomic mass is 10.1. The topological polar surface area (TPSA) is 80.1 Å². The summed E-state index contributed by atoms with van der Waals surface area (Å²) < 4.78 is 1.98. The summed E-state index contributed by atoms with van der Waals surface area (Å²) in [5.41, 5.74) is 4.34. The molecule has 7 heteroatoms. The van der Waals surface area contributed by atoms with Crippen LogP contribution in [0.1, 0.15) is 35.9 Å². The predicted octanol–water partition coefficient (Wildman–Crippen LogP) is 1.62. The average Bonchev–Trinajstić information content (AvgIpc) is 3.16. The van der Waals surface area contributed by atoms with Crippen LogP contribution >= 0.6 is 0 Å². The van der Waals surface area contributed by atoms with E-state index in [0.29, 0.717) is 19.6 Å². The number of carbonyl (C=O) groups excluding carboxylic acids is 2. The van der Waals surface area contributed by atoms with Crippen molar-refractivity contribution in [3.05, 3.63) is 47.0 Å². The molecule has 1 N–H and O–H groups in total. The van der Waals surface area contributed by atoms with Gasteiger partial charge in [-0.25, -0.2) is 0 Å². The number of hydrogen-bond acceptors (Lipinski definition) is 4. The number of rotatable bonds is 7. The molecule has 2 aromatic rings. The largest absolute Gasteiger partial charge is 0.355 e. The molecule has 1 aliphatic heterocycles. The summed E-state index contributed by atoms with van der Waals surface area (Å²) in [4.78, 5) is 30.5. The van der Waals surface area contributed by atoms with E-state index >= 15 is 0 Å². The Hall–Kier alpha value is -2.70. The van der Waals surface area contributed by atoms with Gasteiger partial charge in [0, 0.05) is 50.7 Å². The third-order valence-electron chi connectivity index (χ3n) is 5.19. The van der Waals surface area contributed by atoms with E-state index in [2.05, 4.69) is 29.2 Å². The van der Waals surface area contributed by atoms with E-state index < -0.39 is 0 Å². The highest BCUT2D eigenvalue weighted by molar-refractivity contribution is 5.89. The van der Waals surface area contributed by atoms with Gasteiger partial charge in [-0.05, 0) is 44.4 Å². The van der Waals surface area contributed by atoms with Crippen LogP contribution in [-0.2, 0) is 29.1 Å². The molecular weight excluding hydrogens is 342 g/mol. The van der Waals surface area contributed by atoms with E-state index in [1.807, 2.05) is 23.7 Å². The summed E-state index contributed by atoms with van der Waals surface area (Å²) >= 11 is 0. The number of aromatic nitrogens is 3. The quantitative estimate of drug-likeness (QED) is 0.804. The molecule has 27 heavy (non-hydrogen) atoms. The molecule has 1 aliphatic rings. The van der Waals surface area contributed by atoms with Crippen molar-refractivity contribution < 1.29 is 9.59 Å². The molecule has 2 amide bonds. The van der Waals surface area contributed by atoms with Gasteiger partial charge in [0.05, 0.1) is 11.6 Å². The number of carbonyl (C=O) groups is 2. The van der Waals surface area contributed by atoms with E-state index in [4.69, 9.17) is 0 Å². The lowest BCUT2D eigenvalue weighted by Gasteiger charge is -2.16. The maximum Gasteiger partial charge on any atom is 0.225 e. The minimum absolute atomic E-state index is 0.0231. The minimum Gasteiger partial charge on any atom is -0.355 e. The van der Waals surface area contributed by atoms with Crippen LogP contribution in [0.3, 0.4) is 0 Å². The molecule has 1 atom stereocenters. The van der Waals surface area contributed by atoms with Gasteiger partial charge in [-0.15, -0.1) is 0 Å². The number of nitrogens with one attached hydrogen (secondary N) is 1. The van der Waals surface area contributed by atoms with Gasteiger partial charge in [-0.2, -0.15) is 5.10 Å². The monoisotopic (exact) mass is 369 g/mol. The Kier molecular flexibility index (Phi) is 5.88. The van der Waals surface area contributed by atoms with E-state index in [1.165, 1.54) is 5.56 Å². The summed E-state index contributed by atoms with van der Waals surface area (Å²) in [5.74, 6) is -0.306. The molecule has 1 fully saturated rings. The van der Waals surface area contributed by atoms with Gasteiger partial charge in [0.25, 0.3) is 0 Å². The average molecular weight is 369 g/mol. The smallest absolute Gasteiger partial charge is 0.225 e. The number of aryl methyl sites for hydroxylation is 2. The summed E-state index contributed by atoms with van der Waals surface area (Å²) in [5, 5.41) is 7.50. The Morgan fingerprint density at radius 2 is 2.19 bits per heavy atom. The Labute approximate surface area is 159 Å². The Balaban J connectivity index is 1.50. The Morgan fingerprint density at radius 1 is 1.37 bits per heavy atom. The fraction of sp³-hybridized carbons (Fsp3) is 0.500. The molecule has 2 aromatic heterocycles. The fourth-order valence-electron chi connectivity index (χ4n) is 3.67. The zero-order valence-electron chi connectivity index (χ0n) is 16.2. The van der Waals surface area contributed by atoms with Crippen LogP contribution in [0.5, 0.6) is 0 Å². The third kappa shape index (κ3) is 4.35. The van der Waals surface area contributed by atoms with Crippen LogP contribution in [0.15, 0.2) is 24.5 Å². The first kappa shape index (κ1) is 19.1. The van der Waals surface area contributed by atoms with Gasteiger partial charge in [0.15, 0.2) is 0 Å². The standard InChI is InChI=1S/C20H27N5O2/c1-4-25-15(3)18(14(2)23-25)7-9-22-20(27)17-10-19(26)24(13-17)12-16-6-5-8-21-11-16/h5-6,8,11,17H,4,7,9-10,12-13H2,1-3H3,(H,22,27)/t17-/m0/s1. The second-order valence-corrected chi connectivity index (χ2v) is 7.04. The Morgan fingerprint density at radius 3 is 2.85 bits per heavy atom. The van der Waals surface area contributed by atoms with E-state index in [0.717, 1.165) is 29.9 Å². The summed E-state index contributed by atoms with van der Waals surface area (Å²) in [6.45, 7) is 8.50. The first-order chi connectivity index (χ1) is 13.0. The van der Waals surface area contributed by atoms with Crippen LogP contribution in [0.2, 0.25) is 0 Å². The molecule has 0 aliphatic carbocycles. The van der Waals surface area contributed by atoms with Crippen LogP contribution < -0.4 is 5.32 Å². The maximum atomic E-state index is 12.5. The van der Waals surface area contributed by atoms with Gasteiger partial charge in [0.1, 0.15) is 0 Å². The fourth-order valence-corrected chi connectivity index (χ4v) is 3.67. The van der Waals surface area contributed by atoms with Gasteiger partial charge in [-0.1, -0.05) is 6.07 Å². The number of hydrogen-bond donors (Lipinski definition) is 1. The maximum absolute atomic E-state index is 12.5. The highest BCUT2D eigenvalue weighted by Crippen LogP contribution is 2.20. The first-order valence-corrected chi connectivity index (χ1v) is 9.46. The van der Waals surface area contributed by atoms with Crippen molar-refractivity contribution >= 4 is 11.8 Å². The molecule has 3 rings (SSSR count). The SMILES string of the molecule is CCn1nc(C)c(CCNC(=O)[C@H]2CC(=O)N(Cc3cccnc3)C2)c1C. The predicted molar refractivity (Wildman–Crippen MR) is 102 cm³/mol. The lowest BCUT2D eigenvalue weighted by molar-refractivity contribution is -0.129. The van der Waals surface area contributed by atoms with Gasteiger partial charge < -0.3 is 10.2 Å². The van der Waals surface area contributed by atoms with E-state index in [1.54, 1.807) is 17.3 Å². The Bertz CT molecular complexity index is 815. The van der Waals surface area contributed by atoms with Crippen molar-refractivity contribution in [2.24, 2.45) is 5.92 Å². The second-order valence-electron chi connectivity index (χ2n) is 7.04. The number of likely N-dealkylation sites (tertiary alicyclic amines) is 1. The normalized spacial score (nSPS) is 16.8. The van der Waals surface area contributed by atoms with Gasteiger partial charge in [-0.3, -0.25) is 19.3 Å². The van der Waals surface area contributed by atoms with Crippen molar-refractivity contribution in [2.45, 2.75) is 46.7 Å². The minimum atomic E-state index is -0.283. The van der Waals surface area contributed by atoms with Crippen LogP contribution in [-0.4, -0.2) is 44.6 Å². The molecule has 3 heterocycles. The van der Waals surface area contributed by atoms with Crippen LogP contribution in [0.4, 0.5) is 0 Å². The highest BCUT2D eigenvalue weighted by atomic mass is 16.2. The van der Waals surface area contributed by atoms with Crippen molar-refractivity contribution in [1.29, 1.82) is 0 Å². The summed E-state index contributed by atoms with van der Waals surface area (Å²) in [7, 11) is 0. The molecule has 0 radical (unpaired) electrons. The molecule has 0 aromatic carbocycles. The van der Waals surface area contributed by atoms with Crippen molar-refractivity contribution in [3.63, 3.8) is 0 Å². The van der Waals surface area contributed by atoms with Crippen LogP contribution in [0.25, 0.3) is 0 Å². The third-order valence-corrected chi connectivity index (χ3v) is 5.19. The summed E-state index contributed by atoms with van der Waals surface area (Å²) in [6.07, 6.45) is 4.49. The zero-order chi connectivity index (χ0) is 19.4. The van der Waals surface area contributed by atoms with Crippen molar-refractivity contribution in [2.75, 3.05) is 13.1 Å². The lowest BCUT2D eigenvalue weighted by Crippen LogP contribution is -2.34. The zero-order valence-corrected chi connectivity index (χ0v) is 16.2. The molecule has 0 spiro atoms. The number of nitrogens with zero attached hydrogens (tertiary/aromatic N) is 4. The molecule has 0 saturated carbocycles. The van der Waals surface area contributed by atoms with Crippen LogP contribution in [0, 0.1) is 19.8 Å². The number of pyridine rings is 1. The van der Waals surface area contributed by atoms with E-state index in [9.17, 15) is 9.59 Å². The molecule has 144 valence electrons. The van der Waals surface area contributed by atoms with Gasteiger partial charge in [0.2, 0.25) is 11.8 Å². The van der Waals surface area contributed by atoms with Crippen molar-refractivity contribution in [1.82, 2.24) is 25.0 Å². The molecular formula is C20H27N5O2.